The lowest BCUT2D eigenvalue weighted by atomic mass is 9.96. The fraction of sp³-hybridized carbons (Fsp3) is 0.333. The van der Waals surface area contributed by atoms with E-state index >= 15 is 0 Å². The summed E-state index contributed by atoms with van der Waals surface area (Å²) in [5.74, 6) is -2.86. The number of halogens is 4. The second-order valence-corrected chi connectivity index (χ2v) is 11.3. The van der Waals surface area contributed by atoms with Gasteiger partial charge in [0.25, 0.3) is 5.92 Å². The Morgan fingerprint density at radius 3 is 2.66 bits per heavy atom. The van der Waals surface area contributed by atoms with E-state index in [-0.39, 0.29) is 22.6 Å². The van der Waals surface area contributed by atoms with Crippen LogP contribution < -0.4 is 10.6 Å². The summed E-state index contributed by atoms with van der Waals surface area (Å²) >= 11 is 13.2. The third-order valence-electron chi connectivity index (χ3n) is 6.13. The second-order valence-electron chi connectivity index (χ2n) is 10.5. The van der Waals surface area contributed by atoms with E-state index in [2.05, 4.69) is 52.8 Å². The number of aromatic nitrogens is 4. The van der Waals surface area contributed by atoms with Gasteiger partial charge in [-0.15, -0.1) is 5.10 Å². The molecule has 2 aromatic carbocycles. The molecule has 2 atom stereocenters. The number of alkyl halides is 2. The molecule has 1 fully saturated rings. The summed E-state index contributed by atoms with van der Waals surface area (Å²) < 4.78 is 38.0. The molecule has 0 radical (unpaired) electrons. The van der Waals surface area contributed by atoms with Gasteiger partial charge < -0.3 is 10.6 Å². The van der Waals surface area contributed by atoms with Crippen molar-refractivity contribution in [2.45, 2.75) is 45.2 Å². The predicted molar refractivity (Wildman–Crippen MR) is 145 cm³/mol. The quantitative estimate of drug-likeness (QED) is 0.249. The smallest absolute Gasteiger partial charge is 0.272 e. The fourth-order valence-corrected chi connectivity index (χ4v) is 4.57. The maximum absolute atomic E-state index is 13.7. The number of nitrogens with zero attached hydrogens (tertiary/aromatic N) is 5. The summed E-state index contributed by atoms with van der Waals surface area (Å²) in [7, 11) is 0. The number of nitrogens with one attached hydrogen (secondary N) is 2. The van der Waals surface area contributed by atoms with Crippen LogP contribution in [0.3, 0.4) is 0 Å². The first kappa shape index (κ1) is 24.8. The van der Waals surface area contributed by atoms with Crippen LogP contribution in [-0.4, -0.2) is 32.4 Å². The Morgan fingerprint density at radius 1 is 1.26 bits per heavy atom. The van der Waals surface area contributed by atoms with Gasteiger partial charge in [0.15, 0.2) is 0 Å². The number of rotatable bonds is 7. The van der Waals surface area contributed by atoms with E-state index in [9.17, 15) is 15.4 Å². The Hall–Kier alpha value is -3.48. The highest BCUT2D eigenvalue weighted by atomic mass is 35.5. The summed E-state index contributed by atoms with van der Waals surface area (Å²) in [5, 5.41) is 25.4. The van der Waals surface area contributed by atoms with Crippen LogP contribution in [-0.2, 0) is 0 Å². The molecule has 4 aromatic rings. The molecular weight excluding hydrogens is 531 g/mol. The summed E-state index contributed by atoms with van der Waals surface area (Å²) in [6, 6.07) is 9.32. The molecule has 1 aliphatic carbocycles. The predicted octanol–water partition coefficient (Wildman–Crippen LogP) is 7.24. The van der Waals surface area contributed by atoms with E-state index in [1.165, 1.54) is 12.4 Å². The zero-order valence-electron chi connectivity index (χ0n) is 21.9. The van der Waals surface area contributed by atoms with Crippen molar-refractivity contribution in [3.8, 4) is 6.07 Å². The Balaban J connectivity index is 1.63. The molecule has 38 heavy (non-hydrogen) atoms. The topological polar surface area (TPSA) is 91.5 Å². The standard InChI is InChI=1S/C27H25Cl2F2N7/c1-26(2,3)14-34-23-15(11-32)12-33-24-18(23)8-16(9-20(24)29)35-25(17-6-4-5-7-19(17)28)21-13-38(37-36-21)22-10-27(22,30)31/h4-9,12-13,22,25,35H,10,14H2,1-3H3,(H,33,34)/i25D. The van der Waals surface area contributed by atoms with Gasteiger partial charge in [-0.1, -0.05) is 67.4 Å². The van der Waals surface area contributed by atoms with Crippen molar-refractivity contribution in [2.24, 2.45) is 5.41 Å². The first-order valence-electron chi connectivity index (χ1n) is 12.4. The largest absolute Gasteiger partial charge is 0.383 e. The van der Waals surface area contributed by atoms with Crippen LogP contribution in [0.1, 0.15) is 57.4 Å². The minimum absolute atomic E-state index is 0.0736. The zero-order chi connectivity index (χ0) is 28.2. The molecule has 0 bridgehead atoms. The van der Waals surface area contributed by atoms with Crippen LogP contribution in [0.25, 0.3) is 10.9 Å². The lowest BCUT2D eigenvalue weighted by Gasteiger charge is -2.22. The van der Waals surface area contributed by atoms with E-state index in [1.807, 2.05) is 0 Å². The van der Waals surface area contributed by atoms with Crippen molar-refractivity contribution in [1.29, 1.82) is 5.26 Å². The van der Waals surface area contributed by atoms with Gasteiger partial charge in [-0.2, -0.15) is 5.26 Å². The zero-order valence-corrected chi connectivity index (χ0v) is 22.4. The molecule has 0 amide bonds. The first-order valence-corrected chi connectivity index (χ1v) is 12.7. The van der Waals surface area contributed by atoms with Crippen molar-refractivity contribution >= 4 is 45.5 Å². The van der Waals surface area contributed by atoms with Crippen LogP contribution in [0.15, 0.2) is 48.8 Å². The van der Waals surface area contributed by atoms with Crippen molar-refractivity contribution in [1.82, 2.24) is 20.0 Å². The minimum atomic E-state index is -2.86. The third-order valence-corrected chi connectivity index (χ3v) is 6.75. The molecular formula is C27H25Cl2F2N7. The Labute approximate surface area is 230 Å². The second kappa shape index (κ2) is 9.68. The monoisotopic (exact) mass is 556 g/mol. The number of fused-ring (bicyclic) bond motifs is 1. The number of hydrogen-bond acceptors (Lipinski definition) is 6. The lowest BCUT2D eigenvalue weighted by Crippen LogP contribution is -2.20. The summed E-state index contributed by atoms with van der Waals surface area (Å²) in [4.78, 5) is 4.38. The number of anilines is 2. The fourth-order valence-electron chi connectivity index (χ4n) is 4.07. The summed E-state index contributed by atoms with van der Waals surface area (Å²) in [6.45, 7) is 6.78. The summed E-state index contributed by atoms with van der Waals surface area (Å²) in [5.41, 5.74) is 2.14. The van der Waals surface area contributed by atoms with Crippen molar-refractivity contribution in [3.63, 3.8) is 0 Å². The average Bonchev–Trinajstić information content (AvgIpc) is 3.24. The Kier molecular flexibility index (Phi) is 6.33. The van der Waals surface area contributed by atoms with Gasteiger partial charge in [0.1, 0.15) is 17.8 Å². The van der Waals surface area contributed by atoms with E-state index in [0.29, 0.717) is 45.0 Å². The molecule has 7 nitrogen and oxygen atoms in total. The molecule has 2 aromatic heterocycles. The van der Waals surface area contributed by atoms with Gasteiger partial charge in [0.05, 0.1) is 35.4 Å². The number of pyridine rings is 1. The van der Waals surface area contributed by atoms with Crippen LogP contribution in [0, 0.1) is 16.7 Å². The van der Waals surface area contributed by atoms with Crippen molar-refractivity contribution < 1.29 is 10.2 Å². The van der Waals surface area contributed by atoms with E-state index in [4.69, 9.17) is 23.2 Å². The van der Waals surface area contributed by atoms with Crippen molar-refractivity contribution in [3.05, 3.63) is 75.7 Å². The third kappa shape index (κ3) is 5.24. The Bertz CT molecular complexity index is 1610. The van der Waals surface area contributed by atoms with Gasteiger partial charge >= 0.3 is 0 Å². The highest BCUT2D eigenvalue weighted by Crippen LogP contribution is 2.52. The SMILES string of the molecule is [2H]C(Nc1cc(Cl)c2ncc(C#N)c(NCC(C)(C)C)c2c1)(c1cn(C2CC2(F)F)nn1)c1ccccc1Cl. The average molecular weight is 557 g/mol. The van der Waals surface area contributed by atoms with Gasteiger partial charge in [-0.25, -0.2) is 13.5 Å². The normalized spacial score (nSPS) is 18.4. The highest BCUT2D eigenvalue weighted by molar-refractivity contribution is 6.36. The molecule has 0 saturated heterocycles. The molecule has 11 heteroatoms. The van der Waals surface area contributed by atoms with E-state index in [1.54, 1.807) is 36.4 Å². The lowest BCUT2D eigenvalue weighted by molar-refractivity contribution is 0.0979. The van der Waals surface area contributed by atoms with Crippen LogP contribution in [0.4, 0.5) is 20.2 Å². The first-order chi connectivity index (χ1) is 18.3. The molecule has 5 rings (SSSR count). The van der Waals surface area contributed by atoms with E-state index < -0.39 is 18.0 Å². The maximum Gasteiger partial charge on any atom is 0.272 e. The minimum Gasteiger partial charge on any atom is -0.383 e. The molecule has 0 aliphatic heterocycles. The van der Waals surface area contributed by atoms with Gasteiger partial charge in [0.2, 0.25) is 0 Å². The molecule has 2 heterocycles. The highest BCUT2D eigenvalue weighted by Gasteiger charge is 2.59. The Morgan fingerprint density at radius 2 is 2.00 bits per heavy atom. The molecule has 2 unspecified atom stereocenters. The summed E-state index contributed by atoms with van der Waals surface area (Å²) in [6.07, 6.45) is 2.47. The molecule has 0 spiro atoms. The van der Waals surface area contributed by atoms with Crippen LogP contribution >= 0.6 is 23.2 Å². The van der Waals surface area contributed by atoms with Crippen molar-refractivity contribution in [2.75, 3.05) is 17.2 Å². The van der Waals surface area contributed by atoms with Gasteiger partial charge in [-0.05, 0) is 29.2 Å². The molecule has 2 N–H and O–H groups in total. The molecule has 1 saturated carbocycles. The molecule has 1 aliphatic rings. The maximum atomic E-state index is 13.7. The number of nitriles is 1. The van der Waals surface area contributed by atoms with Gasteiger partial charge in [-0.3, -0.25) is 4.98 Å². The van der Waals surface area contributed by atoms with E-state index in [0.717, 1.165) is 4.68 Å². The van der Waals surface area contributed by atoms with Gasteiger partial charge in [0, 0.05) is 35.3 Å². The number of hydrogen-bond donors (Lipinski definition) is 2. The molecule has 196 valence electrons. The number of benzene rings is 2. The van der Waals surface area contributed by atoms with Crippen LogP contribution in [0.5, 0.6) is 0 Å². The van der Waals surface area contributed by atoms with Crippen LogP contribution in [0.2, 0.25) is 10.0 Å².